The molecule has 0 heterocycles. The summed E-state index contributed by atoms with van der Waals surface area (Å²) < 4.78 is 5.68. The zero-order chi connectivity index (χ0) is 15.8. The van der Waals surface area contributed by atoms with Gasteiger partial charge in [0, 0.05) is 12.2 Å². The molecular formula is C18H23ClN2O2. The van der Waals surface area contributed by atoms with Crippen LogP contribution in [0.5, 0.6) is 5.75 Å². The number of rotatable bonds is 7. The molecule has 0 atom stereocenters. The summed E-state index contributed by atoms with van der Waals surface area (Å²) in [6.07, 6.45) is 1.15. The number of hydrogen-bond donors (Lipinski definition) is 2. The van der Waals surface area contributed by atoms with Crippen LogP contribution in [0.3, 0.4) is 0 Å². The molecule has 5 heteroatoms. The number of carbonyl (C=O) groups is 1. The number of carbonyl (C=O) groups excluding carboxylic acids is 1. The van der Waals surface area contributed by atoms with Crippen LogP contribution in [0, 0.1) is 6.92 Å². The third kappa shape index (κ3) is 6.61. The van der Waals surface area contributed by atoms with Crippen LogP contribution in [0.15, 0.2) is 48.5 Å². The number of nitrogens with two attached hydrogens (primary N) is 1. The van der Waals surface area contributed by atoms with E-state index < -0.39 is 0 Å². The summed E-state index contributed by atoms with van der Waals surface area (Å²) in [6, 6.07) is 15.3. The van der Waals surface area contributed by atoms with Gasteiger partial charge in [-0.2, -0.15) is 0 Å². The predicted octanol–water partition coefficient (Wildman–Crippen LogP) is 3.13. The first-order chi connectivity index (χ1) is 10.6. The van der Waals surface area contributed by atoms with E-state index in [1.54, 1.807) is 12.1 Å². The van der Waals surface area contributed by atoms with Gasteiger partial charge in [-0.1, -0.05) is 30.3 Å². The van der Waals surface area contributed by atoms with Crippen LogP contribution < -0.4 is 15.8 Å². The van der Waals surface area contributed by atoms with Crippen molar-refractivity contribution in [2.24, 2.45) is 0 Å². The fourth-order valence-electron chi connectivity index (χ4n) is 2.08. The molecule has 23 heavy (non-hydrogen) atoms. The van der Waals surface area contributed by atoms with Crippen molar-refractivity contribution in [2.45, 2.75) is 19.8 Å². The van der Waals surface area contributed by atoms with E-state index in [1.165, 1.54) is 0 Å². The number of hydrogen-bond acceptors (Lipinski definition) is 3. The number of nitrogens with one attached hydrogen (secondary N) is 1. The minimum absolute atomic E-state index is 0. The van der Waals surface area contributed by atoms with Gasteiger partial charge in [-0.25, -0.2) is 0 Å². The van der Waals surface area contributed by atoms with Crippen LogP contribution in [0.1, 0.15) is 17.5 Å². The van der Waals surface area contributed by atoms with Crippen molar-refractivity contribution in [3.63, 3.8) is 0 Å². The number of benzene rings is 2. The molecule has 124 valence electrons. The number of halogens is 1. The molecule has 0 spiro atoms. The zero-order valence-corrected chi connectivity index (χ0v) is 14.1. The van der Waals surface area contributed by atoms with E-state index in [2.05, 4.69) is 5.32 Å². The number of aryl methyl sites for hydroxylation is 1. The molecule has 0 aliphatic carbocycles. The van der Waals surface area contributed by atoms with Crippen molar-refractivity contribution in [2.75, 3.05) is 18.9 Å². The van der Waals surface area contributed by atoms with Gasteiger partial charge >= 0.3 is 0 Å². The predicted molar refractivity (Wildman–Crippen MR) is 96.1 cm³/mol. The van der Waals surface area contributed by atoms with E-state index in [-0.39, 0.29) is 18.3 Å². The van der Waals surface area contributed by atoms with E-state index in [0.29, 0.717) is 25.3 Å². The Kier molecular flexibility index (Phi) is 7.98. The molecule has 2 aromatic carbocycles. The number of anilines is 1. The minimum Gasteiger partial charge on any atom is -0.493 e. The van der Waals surface area contributed by atoms with E-state index in [0.717, 1.165) is 23.3 Å². The van der Waals surface area contributed by atoms with Crippen LogP contribution in [0.25, 0.3) is 0 Å². The lowest BCUT2D eigenvalue weighted by atomic mass is 10.1. The van der Waals surface area contributed by atoms with Gasteiger partial charge in [0.2, 0.25) is 5.91 Å². The second kappa shape index (κ2) is 9.74. The van der Waals surface area contributed by atoms with Crippen LogP contribution in [0.2, 0.25) is 0 Å². The SMILES string of the molecule is Cc1ccccc1OCCCNC(=O)Cc1ccc(N)cc1.Cl. The summed E-state index contributed by atoms with van der Waals surface area (Å²) in [7, 11) is 0. The Hall–Kier alpha value is -2.20. The van der Waals surface area contributed by atoms with Crippen LogP contribution >= 0.6 is 12.4 Å². The highest BCUT2D eigenvalue weighted by molar-refractivity contribution is 5.85. The van der Waals surface area contributed by atoms with Crippen molar-refractivity contribution < 1.29 is 9.53 Å². The minimum atomic E-state index is 0. The second-order valence-corrected chi connectivity index (χ2v) is 5.24. The summed E-state index contributed by atoms with van der Waals surface area (Å²) in [5.41, 5.74) is 8.40. The summed E-state index contributed by atoms with van der Waals surface area (Å²) in [5, 5.41) is 2.90. The Morgan fingerprint density at radius 1 is 1.13 bits per heavy atom. The first-order valence-corrected chi connectivity index (χ1v) is 7.44. The van der Waals surface area contributed by atoms with Crippen molar-refractivity contribution in [1.82, 2.24) is 5.32 Å². The Labute approximate surface area is 143 Å². The summed E-state index contributed by atoms with van der Waals surface area (Å²) in [4.78, 5) is 11.8. The quantitative estimate of drug-likeness (QED) is 0.604. The normalized spacial score (nSPS) is 9.78. The van der Waals surface area contributed by atoms with Gasteiger partial charge in [0.15, 0.2) is 0 Å². The fraction of sp³-hybridized carbons (Fsp3) is 0.278. The van der Waals surface area contributed by atoms with Crippen molar-refractivity contribution in [3.05, 3.63) is 59.7 Å². The van der Waals surface area contributed by atoms with Gasteiger partial charge < -0.3 is 15.8 Å². The molecule has 0 saturated carbocycles. The van der Waals surface area contributed by atoms with Gasteiger partial charge in [-0.15, -0.1) is 12.4 Å². The van der Waals surface area contributed by atoms with Crippen molar-refractivity contribution >= 4 is 24.0 Å². The number of nitrogen functional groups attached to an aromatic ring is 1. The van der Waals surface area contributed by atoms with Gasteiger partial charge in [-0.05, 0) is 42.7 Å². The monoisotopic (exact) mass is 334 g/mol. The molecule has 2 rings (SSSR count). The Morgan fingerprint density at radius 3 is 2.52 bits per heavy atom. The Morgan fingerprint density at radius 2 is 1.83 bits per heavy atom. The van der Waals surface area contributed by atoms with Crippen LogP contribution in [-0.4, -0.2) is 19.1 Å². The van der Waals surface area contributed by atoms with Crippen molar-refractivity contribution in [1.29, 1.82) is 0 Å². The molecule has 0 saturated heterocycles. The van der Waals surface area contributed by atoms with Gasteiger partial charge in [0.1, 0.15) is 5.75 Å². The average Bonchev–Trinajstić information content (AvgIpc) is 2.51. The Balaban J connectivity index is 0.00000264. The lowest BCUT2D eigenvalue weighted by molar-refractivity contribution is -0.120. The molecular weight excluding hydrogens is 312 g/mol. The van der Waals surface area contributed by atoms with Crippen molar-refractivity contribution in [3.8, 4) is 5.75 Å². The highest BCUT2D eigenvalue weighted by Crippen LogP contribution is 2.16. The summed E-state index contributed by atoms with van der Waals surface area (Å²) >= 11 is 0. The zero-order valence-electron chi connectivity index (χ0n) is 13.2. The molecule has 1 amide bonds. The molecule has 0 unspecified atom stereocenters. The molecule has 0 bridgehead atoms. The number of amides is 1. The molecule has 0 aromatic heterocycles. The standard InChI is InChI=1S/C18H22N2O2.ClH/c1-14-5-2-3-6-17(14)22-12-4-11-20-18(21)13-15-7-9-16(19)10-8-15;/h2-3,5-10H,4,11-13,19H2,1H3,(H,20,21);1H. The smallest absolute Gasteiger partial charge is 0.224 e. The highest BCUT2D eigenvalue weighted by atomic mass is 35.5. The maximum absolute atomic E-state index is 11.8. The van der Waals surface area contributed by atoms with Gasteiger partial charge in [0.25, 0.3) is 0 Å². The molecule has 0 aliphatic heterocycles. The van der Waals surface area contributed by atoms with E-state index in [1.807, 2.05) is 43.3 Å². The Bertz CT molecular complexity index is 615. The maximum atomic E-state index is 11.8. The molecule has 0 radical (unpaired) electrons. The maximum Gasteiger partial charge on any atom is 0.224 e. The summed E-state index contributed by atoms with van der Waals surface area (Å²) in [5.74, 6) is 0.913. The largest absolute Gasteiger partial charge is 0.493 e. The number of para-hydroxylation sites is 1. The lowest BCUT2D eigenvalue weighted by Crippen LogP contribution is -2.27. The van der Waals surface area contributed by atoms with Gasteiger partial charge in [-0.3, -0.25) is 4.79 Å². The van der Waals surface area contributed by atoms with Gasteiger partial charge in [0.05, 0.1) is 13.0 Å². The number of ether oxygens (including phenoxy) is 1. The van der Waals surface area contributed by atoms with E-state index >= 15 is 0 Å². The molecule has 4 nitrogen and oxygen atoms in total. The van der Waals surface area contributed by atoms with Crippen LogP contribution in [0.4, 0.5) is 5.69 Å². The average molecular weight is 335 g/mol. The first kappa shape index (κ1) is 18.8. The van der Waals surface area contributed by atoms with E-state index in [9.17, 15) is 4.79 Å². The molecule has 0 fully saturated rings. The molecule has 3 N–H and O–H groups in total. The molecule has 2 aromatic rings. The van der Waals surface area contributed by atoms with Crippen LogP contribution in [-0.2, 0) is 11.2 Å². The topological polar surface area (TPSA) is 64.3 Å². The summed E-state index contributed by atoms with van der Waals surface area (Å²) in [6.45, 7) is 3.22. The highest BCUT2D eigenvalue weighted by Gasteiger charge is 2.03. The fourth-order valence-corrected chi connectivity index (χ4v) is 2.08. The molecule has 0 aliphatic rings. The van der Waals surface area contributed by atoms with E-state index in [4.69, 9.17) is 10.5 Å². The first-order valence-electron chi connectivity index (χ1n) is 7.44. The third-order valence-electron chi connectivity index (χ3n) is 3.34. The lowest BCUT2D eigenvalue weighted by Gasteiger charge is -2.09. The second-order valence-electron chi connectivity index (χ2n) is 5.24. The third-order valence-corrected chi connectivity index (χ3v) is 3.34.